The van der Waals surface area contributed by atoms with E-state index in [1.165, 1.54) is 28.6 Å². The standard InChI is InChI=1S/C13H8S4/c1-3-14-12-6-8(16-10(1)12)5-9-7-13-11(17-9)2-4-15-13/h1-4,6-7H,5H2. The molecular formula is C13H8S4. The number of hydrogen-bond acceptors (Lipinski definition) is 4. The van der Waals surface area contributed by atoms with Crippen molar-refractivity contribution < 1.29 is 0 Å². The fourth-order valence-corrected chi connectivity index (χ4v) is 6.38. The second-order valence-electron chi connectivity index (χ2n) is 3.90. The largest absolute Gasteiger partial charge is 0.143 e. The van der Waals surface area contributed by atoms with Crippen LogP contribution in [-0.4, -0.2) is 0 Å². The second kappa shape index (κ2) is 3.92. The van der Waals surface area contributed by atoms with Crippen molar-refractivity contribution in [1.82, 2.24) is 0 Å². The molecule has 84 valence electrons. The molecule has 0 aliphatic rings. The van der Waals surface area contributed by atoms with E-state index in [2.05, 4.69) is 35.0 Å². The van der Waals surface area contributed by atoms with Crippen LogP contribution in [0.2, 0.25) is 0 Å². The van der Waals surface area contributed by atoms with Gasteiger partial charge in [-0.2, -0.15) is 0 Å². The number of hydrogen-bond donors (Lipinski definition) is 0. The first-order valence-corrected chi connectivity index (χ1v) is 8.69. The highest BCUT2D eigenvalue weighted by molar-refractivity contribution is 7.28. The van der Waals surface area contributed by atoms with Gasteiger partial charge in [0.1, 0.15) is 0 Å². The van der Waals surface area contributed by atoms with Crippen molar-refractivity contribution in [1.29, 1.82) is 0 Å². The van der Waals surface area contributed by atoms with E-state index in [1.807, 2.05) is 45.3 Å². The summed E-state index contributed by atoms with van der Waals surface area (Å²) in [5.41, 5.74) is 0. The van der Waals surface area contributed by atoms with Crippen molar-refractivity contribution in [3.63, 3.8) is 0 Å². The summed E-state index contributed by atoms with van der Waals surface area (Å²) in [5.74, 6) is 0. The molecule has 4 aromatic rings. The molecule has 0 spiro atoms. The van der Waals surface area contributed by atoms with E-state index >= 15 is 0 Å². The lowest BCUT2D eigenvalue weighted by Crippen LogP contribution is -1.76. The zero-order chi connectivity index (χ0) is 11.2. The van der Waals surface area contributed by atoms with E-state index in [0.29, 0.717) is 0 Å². The Balaban J connectivity index is 1.72. The summed E-state index contributed by atoms with van der Waals surface area (Å²) >= 11 is 7.55. The van der Waals surface area contributed by atoms with E-state index in [9.17, 15) is 0 Å². The van der Waals surface area contributed by atoms with Gasteiger partial charge < -0.3 is 0 Å². The molecule has 0 unspecified atom stereocenters. The van der Waals surface area contributed by atoms with Crippen molar-refractivity contribution >= 4 is 64.1 Å². The Labute approximate surface area is 115 Å². The van der Waals surface area contributed by atoms with Crippen LogP contribution in [0.4, 0.5) is 0 Å². The van der Waals surface area contributed by atoms with Gasteiger partial charge >= 0.3 is 0 Å². The van der Waals surface area contributed by atoms with Gasteiger partial charge in [-0.1, -0.05) is 0 Å². The van der Waals surface area contributed by atoms with Gasteiger partial charge in [-0.25, -0.2) is 0 Å². The van der Waals surface area contributed by atoms with Gasteiger partial charge in [0, 0.05) is 35.0 Å². The topological polar surface area (TPSA) is 0 Å². The minimum absolute atomic E-state index is 1.10. The molecule has 0 fully saturated rings. The molecule has 0 aromatic carbocycles. The molecule has 0 amide bonds. The Kier molecular flexibility index (Phi) is 2.36. The molecule has 0 N–H and O–H groups in total. The fourth-order valence-electron chi connectivity index (χ4n) is 1.98. The molecule has 0 aliphatic carbocycles. The summed E-state index contributed by atoms with van der Waals surface area (Å²) in [6.07, 6.45) is 1.10. The minimum atomic E-state index is 1.10. The van der Waals surface area contributed by atoms with Crippen molar-refractivity contribution in [3.05, 3.63) is 44.8 Å². The molecule has 4 heterocycles. The molecule has 0 aliphatic heterocycles. The number of fused-ring (bicyclic) bond motifs is 2. The zero-order valence-electron chi connectivity index (χ0n) is 8.80. The molecule has 17 heavy (non-hydrogen) atoms. The molecular weight excluding hydrogens is 284 g/mol. The highest BCUT2D eigenvalue weighted by Gasteiger charge is 2.07. The van der Waals surface area contributed by atoms with E-state index in [1.54, 1.807) is 0 Å². The highest BCUT2D eigenvalue weighted by Crippen LogP contribution is 2.35. The molecule has 4 aromatic heterocycles. The highest BCUT2D eigenvalue weighted by atomic mass is 32.1. The van der Waals surface area contributed by atoms with Crippen molar-refractivity contribution in [2.24, 2.45) is 0 Å². The third-order valence-corrected chi connectivity index (χ3v) is 6.92. The van der Waals surface area contributed by atoms with Crippen LogP contribution in [0.25, 0.3) is 18.8 Å². The summed E-state index contributed by atoms with van der Waals surface area (Å²) in [4.78, 5) is 2.97. The summed E-state index contributed by atoms with van der Waals surface area (Å²) < 4.78 is 5.73. The van der Waals surface area contributed by atoms with Gasteiger partial charge in [-0.05, 0) is 35.0 Å². The molecule has 0 radical (unpaired) electrons. The normalized spacial score (nSPS) is 11.8. The molecule has 4 rings (SSSR count). The molecule has 0 saturated carbocycles. The van der Waals surface area contributed by atoms with E-state index in [0.717, 1.165) is 6.42 Å². The minimum Gasteiger partial charge on any atom is -0.143 e. The molecule has 0 saturated heterocycles. The molecule has 0 bridgehead atoms. The first-order valence-electron chi connectivity index (χ1n) is 5.30. The maximum atomic E-state index is 2.35. The predicted molar refractivity (Wildman–Crippen MR) is 82.2 cm³/mol. The Bertz CT molecular complexity index is 657. The summed E-state index contributed by atoms with van der Waals surface area (Å²) in [5, 5.41) is 4.35. The summed E-state index contributed by atoms with van der Waals surface area (Å²) in [6, 6.07) is 9.14. The maximum absolute atomic E-state index is 2.35. The molecule has 4 heteroatoms. The van der Waals surface area contributed by atoms with E-state index < -0.39 is 0 Å². The van der Waals surface area contributed by atoms with Crippen molar-refractivity contribution in [2.45, 2.75) is 6.42 Å². The Hall–Kier alpha value is -0.680. The first-order chi connectivity index (χ1) is 8.38. The number of thiophene rings is 4. The predicted octanol–water partition coefficient (Wildman–Crippen LogP) is 5.83. The lowest BCUT2D eigenvalue weighted by molar-refractivity contribution is 1.31. The summed E-state index contributed by atoms with van der Waals surface area (Å²) in [6.45, 7) is 0. The third kappa shape index (κ3) is 1.76. The average Bonchev–Trinajstić information content (AvgIpc) is 2.93. The average molecular weight is 292 g/mol. The molecule has 0 atom stereocenters. The fraction of sp³-hybridized carbons (Fsp3) is 0.0769. The Morgan fingerprint density at radius 1 is 0.706 bits per heavy atom. The van der Waals surface area contributed by atoms with Crippen LogP contribution in [0.3, 0.4) is 0 Å². The van der Waals surface area contributed by atoms with Crippen LogP contribution in [0.15, 0.2) is 35.0 Å². The summed E-state index contributed by atoms with van der Waals surface area (Å²) in [7, 11) is 0. The quantitative estimate of drug-likeness (QED) is 0.436. The van der Waals surface area contributed by atoms with Gasteiger partial charge in [0.2, 0.25) is 0 Å². The zero-order valence-corrected chi connectivity index (χ0v) is 12.1. The Morgan fingerprint density at radius 2 is 1.24 bits per heavy atom. The number of rotatable bonds is 2. The maximum Gasteiger partial charge on any atom is 0.0453 e. The third-order valence-electron chi connectivity index (χ3n) is 2.73. The SMILES string of the molecule is c1cc2sc(Cc3cc4sccc4s3)cc2s1. The van der Waals surface area contributed by atoms with Crippen LogP contribution < -0.4 is 0 Å². The van der Waals surface area contributed by atoms with Crippen LogP contribution in [-0.2, 0) is 6.42 Å². The van der Waals surface area contributed by atoms with Crippen LogP contribution >= 0.6 is 45.3 Å². The second-order valence-corrected chi connectivity index (χ2v) is 8.13. The van der Waals surface area contributed by atoms with Gasteiger partial charge in [0.25, 0.3) is 0 Å². The smallest absolute Gasteiger partial charge is 0.0453 e. The van der Waals surface area contributed by atoms with Crippen LogP contribution in [0, 0.1) is 0 Å². The van der Waals surface area contributed by atoms with Crippen LogP contribution in [0.1, 0.15) is 9.75 Å². The Morgan fingerprint density at radius 3 is 1.71 bits per heavy atom. The molecule has 0 nitrogen and oxygen atoms in total. The van der Waals surface area contributed by atoms with Crippen LogP contribution in [0.5, 0.6) is 0 Å². The van der Waals surface area contributed by atoms with Crippen molar-refractivity contribution in [2.75, 3.05) is 0 Å². The monoisotopic (exact) mass is 292 g/mol. The lowest BCUT2D eigenvalue weighted by atomic mass is 10.3. The van der Waals surface area contributed by atoms with Gasteiger partial charge in [0.15, 0.2) is 0 Å². The van der Waals surface area contributed by atoms with Crippen molar-refractivity contribution in [3.8, 4) is 0 Å². The lowest BCUT2D eigenvalue weighted by Gasteiger charge is -1.91. The first kappa shape index (κ1) is 10.3. The van der Waals surface area contributed by atoms with E-state index in [4.69, 9.17) is 0 Å². The van der Waals surface area contributed by atoms with Gasteiger partial charge in [-0.15, -0.1) is 45.3 Å². The van der Waals surface area contributed by atoms with Gasteiger partial charge in [-0.3, -0.25) is 0 Å². The van der Waals surface area contributed by atoms with Gasteiger partial charge in [0.05, 0.1) is 0 Å². The van der Waals surface area contributed by atoms with E-state index in [-0.39, 0.29) is 0 Å².